The van der Waals surface area contributed by atoms with Crippen LogP contribution in [0.4, 0.5) is 0 Å². The Balaban J connectivity index is 1.38. The summed E-state index contributed by atoms with van der Waals surface area (Å²) in [5.74, 6) is -0.322. The molecule has 1 heterocycles. The van der Waals surface area contributed by atoms with E-state index in [9.17, 15) is 14.4 Å². The number of ether oxygens (including phenoxy) is 1. The van der Waals surface area contributed by atoms with Crippen molar-refractivity contribution in [2.45, 2.75) is 77.3 Å². The summed E-state index contributed by atoms with van der Waals surface area (Å²) in [6.45, 7) is 6.24. The lowest BCUT2D eigenvalue weighted by molar-refractivity contribution is -0.146. The molecule has 2 aromatic rings. The zero-order valence-electron chi connectivity index (χ0n) is 23.4. The fraction of sp³-hybridized carbons (Fsp3) is 0.531. The summed E-state index contributed by atoms with van der Waals surface area (Å²) in [5.41, 5.74) is 1.82. The number of hydrogen-bond donors (Lipinski definition) is 2. The Hall–Kier alpha value is -3.19. The second-order valence-corrected chi connectivity index (χ2v) is 10.5. The molecule has 1 aliphatic heterocycles. The van der Waals surface area contributed by atoms with Crippen LogP contribution < -0.4 is 10.6 Å². The normalized spacial score (nSPS) is 14.9. The molecule has 7 heteroatoms. The molecule has 7 nitrogen and oxygen atoms in total. The van der Waals surface area contributed by atoms with Crippen LogP contribution in [0.3, 0.4) is 0 Å². The number of carbonyl (C=O) groups excluding carboxylic acids is 3. The first-order valence-corrected chi connectivity index (χ1v) is 14.6. The van der Waals surface area contributed by atoms with Gasteiger partial charge in [0.1, 0.15) is 6.04 Å². The van der Waals surface area contributed by atoms with Gasteiger partial charge in [-0.2, -0.15) is 0 Å². The van der Waals surface area contributed by atoms with E-state index in [1.54, 1.807) is 24.3 Å². The van der Waals surface area contributed by atoms with E-state index < -0.39 is 12.0 Å². The predicted octanol–water partition coefficient (Wildman–Crippen LogP) is 5.11. The van der Waals surface area contributed by atoms with Crippen LogP contribution in [-0.2, 0) is 20.9 Å². The molecule has 2 N–H and O–H groups in total. The molecule has 2 amide bonds. The number of carbonyl (C=O) groups is 3. The van der Waals surface area contributed by atoms with Crippen molar-refractivity contribution in [2.75, 3.05) is 26.2 Å². The van der Waals surface area contributed by atoms with E-state index in [2.05, 4.69) is 46.7 Å². The lowest BCUT2D eigenvalue weighted by Crippen LogP contribution is -2.43. The van der Waals surface area contributed by atoms with Gasteiger partial charge >= 0.3 is 5.97 Å². The van der Waals surface area contributed by atoms with Crippen LogP contribution in [0.2, 0.25) is 0 Å². The Morgan fingerprint density at radius 3 is 2.33 bits per heavy atom. The third-order valence-electron chi connectivity index (χ3n) is 7.36. The number of hydrogen-bond acceptors (Lipinski definition) is 5. The van der Waals surface area contributed by atoms with Crippen LogP contribution in [-0.4, -0.2) is 55.0 Å². The van der Waals surface area contributed by atoms with Crippen molar-refractivity contribution in [3.8, 4) is 0 Å². The fourth-order valence-electron chi connectivity index (χ4n) is 4.94. The van der Waals surface area contributed by atoms with E-state index in [1.807, 2.05) is 12.1 Å². The van der Waals surface area contributed by atoms with Gasteiger partial charge < -0.3 is 15.4 Å². The van der Waals surface area contributed by atoms with Crippen molar-refractivity contribution in [3.63, 3.8) is 0 Å². The highest BCUT2D eigenvalue weighted by atomic mass is 16.5. The van der Waals surface area contributed by atoms with Gasteiger partial charge in [0.2, 0.25) is 5.91 Å². The average Bonchev–Trinajstić information content (AvgIpc) is 2.97. The molecule has 0 bridgehead atoms. The van der Waals surface area contributed by atoms with Gasteiger partial charge in [-0.3, -0.25) is 14.5 Å². The minimum atomic E-state index is -0.858. The highest BCUT2D eigenvalue weighted by Crippen LogP contribution is 2.21. The van der Waals surface area contributed by atoms with Crippen LogP contribution in [0.1, 0.15) is 80.6 Å². The smallest absolute Gasteiger partial charge is 0.328 e. The van der Waals surface area contributed by atoms with Gasteiger partial charge in [0.15, 0.2) is 0 Å². The molecule has 1 saturated heterocycles. The van der Waals surface area contributed by atoms with Crippen LogP contribution >= 0.6 is 0 Å². The number of likely N-dealkylation sites (tertiary alicyclic amines) is 1. The number of nitrogens with one attached hydrogen (secondary N) is 2. The number of rotatable bonds is 16. The maximum atomic E-state index is 12.7. The van der Waals surface area contributed by atoms with E-state index in [0.717, 1.165) is 64.6 Å². The Labute approximate surface area is 233 Å². The summed E-state index contributed by atoms with van der Waals surface area (Å²) in [5, 5.41) is 5.78. The van der Waals surface area contributed by atoms with Crippen LogP contribution in [0, 0.1) is 5.92 Å². The van der Waals surface area contributed by atoms with Gasteiger partial charge in [-0.25, -0.2) is 4.79 Å². The Morgan fingerprint density at radius 1 is 0.949 bits per heavy atom. The van der Waals surface area contributed by atoms with Crippen molar-refractivity contribution >= 4 is 17.8 Å². The number of esters is 1. The molecule has 3 rings (SSSR count). The largest absolute Gasteiger partial charge is 0.464 e. The van der Waals surface area contributed by atoms with E-state index in [-0.39, 0.29) is 24.7 Å². The SMILES string of the molecule is CCCCCCOC(=O)[C@@H](CCC(=O)NCCC1CCN(Cc2ccccc2)CC1)NC(=O)c1ccccc1. The summed E-state index contributed by atoms with van der Waals surface area (Å²) in [6.07, 6.45) is 7.59. The van der Waals surface area contributed by atoms with Gasteiger partial charge in [0.05, 0.1) is 6.61 Å². The lowest BCUT2D eigenvalue weighted by Gasteiger charge is -2.32. The van der Waals surface area contributed by atoms with Crippen molar-refractivity contribution < 1.29 is 19.1 Å². The van der Waals surface area contributed by atoms with E-state index in [4.69, 9.17) is 4.74 Å². The van der Waals surface area contributed by atoms with Gasteiger partial charge in [0.25, 0.3) is 5.91 Å². The van der Waals surface area contributed by atoms with Crippen LogP contribution in [0.25, 0.3) is 0 Å². The molecule has 1 fully saturated rings. The number of piperidine rings is 1. The second kappa shape index (κ2) is 17.4. The molecule has 212 valence electrons. The molecule has 1 aliphatic rings. The molecule has 1 atom stereocenters. The maximum absolute atomic E-state index is 12.7. The first-order chi connectivity index (χ1) is 19.0. The van der Waals surface area contributed by atoms with Crippen molar-refractivity contribution in [3.05, 3.63) is 71.8 Å². The van der Waals surface area contributed by atoms with Gasteiger partial charge in [0, 0.05) is 25.1 Å². The van der Waals surface area contributed by atoms with Crippen molar-refractivity contribution in [2.24, 2.45) is 5.92 Å². The summed E-state index contributed by atoms with van der Waals surface area (Å²) < 4.78 is 5.44. The Kier molecular flexibility index (Phi) is 13.5. The summed E-state index contributed by atoms with van der Waals surface area (Å²) in [4.78, 5) is 40.5. The molecule has 0 spiro atoms. The topological polar surface area (TPSA) is 87.7 Å². The number of nitrogens with zero attached hydrogens (tertiary/aromatic N) is 1. The second-order valence-electron chi connectivity index (χ2n) is 10.5. The third kappa shape index (κ3) is 11.6. The fourth-order valence-corrected chi connectivity index (χ4v) is 4.94. The molecule has 2 aromatic carbocycles. The van der Waals surface area contributed by atoms with E-state index in [0.29, 0.717) is 24.6 Å². The maximum Gasteiger partial charge on any atom is 0.328 e. The first kappa shape index (κ1) is 30.4. The Bertz CT molecular complexity index is 991. The number of unbranched alkanes of at least 4 members (excludes halogenated alkanes) is 3. The number of benzene rings is 2. The molecule has 0 saturated carbocycles. The standard InChI is InChI=1S/C32H45N3O4/c1-2-3-4-11-24-39-32(38)29(34-31(37)28-14-9-6-10-15-28)16-17-30(36)33-21-18-26-19-22-35(23-20-26)25-27-12-7-5-8-13-27/h5-10,12-15,26,29H,2-4,11,16-25H2,1H3,(H,33,36)(H,34,37)/t29-/m1/s1. The Morgan fingerprint density at radius 2 is 1.64 bits per heavy atom. The quantitative estimate of drug-likeness (QED) is 0.230. The number of amides is 2. The van der Waals surface area contributed by atoms with E-state index in [1.165, 1.54) is 5.56 Å². The lowest BCUT2D eigenvalue weighted by atomic mass is 9.93. The van der Waals surface area contributed by atoms with Crippen molar-refractivity contribution in [1.82, 2.24) is 15.5 Å². The highest BCUT2D eigenvalue weighted by Gasteiger charge is 2.24. The summed E-state index contributed by atoms with van der Waals surface area (Å²) >= 11 is 0. The van der Waals surface area contributed by atoms with Crippen LogP contribution in [0.15, 0.2) is 60.7 Å². The summed E-state index contributed by atoms with van der Waals surface area (Å²) in [7, 11) is 0. The minimum absolute atomic E-state index is 0.105. The minimum Gasteiger partial charge on any atom is -0.464 e. The molecule has 0 radical (unpaired) electrons. The summed E-state index contributed by atoms with van der Waals surface area (Å²) in [6, 6.07) is 18.5. The van der Waals surface area contributed by atoms with Crippen molar-refractivity contribution in [1.29, 1.82) is 0 Å². The van der Waals surface area contributed by atoms with Gasteiger partial charge in [-0.05, 0) is 68.8 Å². The molecular formula is C32H45N3O4. The molecule has 0 aromatic heterocycles. The molecular weight excluding hydrogens is 490 g/mol. The van der Waals surface area contributed by atoms with Gasteiger partial charge in [-0.15, -0.1) is 0 Å². The molecule has 39 heavy (non-hydrogen) atoms. The zero-order valence-corrected chi connectivity index (χ0v) is 23.4. The molecule has 0 unspecified atom stereocenters. The van der Waals surface area contributed by atoms with Crippen LogP contribution in [0.5, 0.6) is 0 Å². The monoisotopic (exact) mass is 535 g/mol. The van der Waals surface area contributed by atoms with Gasteiger partial charge in [-0.1, -0.05) is 74.7 Å². The highest BCUT2D eigenvalue weighted by molar-refractivity contribution is 5.96. The first-order valence-electron chi connectivity index (χ1n) is 14.6. The molecule has 0 aliphatic carbocycles. The third-order valence-corrected chi connectivity index (χ3v) is 7.36. The predicted molar refractivity (Wildman–Crippen MR) is 154 cm³/mol. The zero-order chi connectivity index (χ0) is 27.7. The average molecular weight is 536 g/mol. The van der Waals surface area contributed by atoms with E-state index >= 15 is 0 Å².